The van der Waals surface area contributed by atoms with Gasteiger partial charge in [-0.25, -0.2) is 0 Å². The Morgan fingerprint density at radius 1 is 1.40 bits per heavy atom. The van der Waals surface area contributed by atoms with Gasteiger partial charge in [-0.2, -0.15) is 0 Å². The third kappa shape index (κ3) is 4.32. The average Bonchev–Trinajstić information content (AvgIpc) is 2.46. The summed E-state index contributed by atoms with van der Waals surface area (Å²) in [6.45, 7) is 6.12. The monoisotopic (exact) mass is 339 g/mol. The summed E-state index contributed by atoms with van der Waals surface area (Å²) in [5, 5.41) is 0. The van der Waals surface area contributed by atoms with Gasteiger partial charge < -0.3 is 9.64 Å². The van der Waals surface area contributed by atoms with E-state index in [0.29, 0.717) is 6.61 Å². The van der Waals surface area contributed by atoms with Crippen LogP contribution >= 0.6 is 15.9 Å². The summed E-state index contributed by atoms with van der Waals surface area (Å²) >= 11 is 3.43. The second-order valence-electron chi connectivity index (χ2n) is 5.64. The molecule has 2 rings (SSSR count). The molecule has 1 amide bonds. The van der Waals surface area contributed by atoms with Crippen LogP contribution in [-0.4, -0.2) is 30.0 Å². The molecule has 0 N–H and O–H groups in total. The van der Waals surface area contributed by atoms with E-state index >= 15 is 0 Å². The zero-order valence-electron chi connectivity index (χ0n) is 12.1. The van der Waals surface area contributed by atoms with E-state index < -0.39 is 0 Å². The van der Waals surface area contributed by atoms with Crippen LogP contribution in [0.4, 0.5) is 0 Å². The van der Waals surface area contributed by atoms with Crippen molar-refractivity contribution in [1.29, 1.82) is 0 Å². The number of amides is 1. The molecular formula is C16H22BrNO2. The first kappa shape index (κ1) is 15.5. The summed E-state index contributed by atoms with van der Waals surface area (Å²) in [6, 6.07) is 8.16. The van der Waals surface area contributed by atoms with E-state index in [-0.39, 0.29) is 17.9 Å². The van der Waals surface area contributed by atoms with Gasteiger partial charge in [-0.3, -0.25) is 4.79 Å². The van der Waals surface area contributed by atoms with Gasteiger partial charge in [0.25, 0.3) is 0 Å². The zero-order chi connectivity index (χ0) is 14.5. The van der Waals surface area contributed by atoms with Crippen molar-refractivity contribution in [3.63, 3.8) is 0 Å². The Morgan fingerprint density at radius 2 is 2.10 bits per heavy atom. The first-order valence-electron chi connectivity index (χ1n) is 7.21. The number of ether oxygens (including phenoxy) is 1. The van der Waals surface area contributed by atoms with E-state index in [1.165, 1.54) is 5.56 Å². The fourth-order valence-corrected chi connectivity index (χ4v) is 2.70. The molecule has 1 saturated heterocycles. The van der Waals surface area contributed by atoms with Crippen molar-refractivity contribution in [3.05, 3.63) is 34.3 Å². The third-order valence-corrected chi connectivity index (χ3v) is 4.11. The summed E-state index contributed by atoms with van der Waals surface area (Å²) in [6.07, 6.45) is 2.23. The molecule has 0 aliphatic carbocycles. The van der Waals surface area contributed by atoms with E-state index in [4.69, 9.17) is 4.74 Å². The zero-order valence-corrected chi connectivity index (χ0v) is 13.7. The van der Waals surface area contributed by atoms with Gasteiger partial charge in [-0.15, -0.1) is 0 Å². The van der Waals surface area contributed by atoms with Crippen LogP contribution in [0.15, 0.2) is 28.7 Å². The Hall–Kier alpha value is -0.870. The highest BCUT2D eigenvalue weighted by molar-refractivity contribution is 9.10. The molecule has 0 aromatic heterocycles. The number of halogens is 1. The highest BCUT2D eigenvalue weighted by atomic mass is 79.9. The minimum Gasteiger partial charge on any atom is -0.372 e. The molecule has 0 radical (unpaired) electrons. The van der Waals surface area contributed by atoms with Crippen molar-refractivity contribution >= 4 is 21.8 Å². The lowest BCUT2D eigenvalue weighted by Crippen LogP contribution is -2.44. The van der Waals surface area contributed by atoms with Crippen LogP contribution in [0.1, 0.15) is 32.3 Å². The van der Waals surface area contributed by atoms with E-state index in [1.807, 2.05) is 30.9 Å². The number of rotatable bonds is 4. The third-order valence-electron chi connectivity index (χ3n) is 3.58. The standard InChI is InChI=1S/C16H22BrNO2/c1-12(2)16(19)18-9-3-4-15(10-18)20-11-13-5-7-14(17)8-6-13/h5-8,12,15H,3-4,9-11H2,1-2H3. The van der Waals surface area contributed by atoms with Gasteiger partial charge in [-0.1, -0.05) is 41.9 Å². The lowest BCUT2D eigenvalue weighted by atomic mass is 10.1. The van der Waals surface area contributed by atoms with Gasteiger partial charge in [0, 0.05) is 23.5 Å². The van der Waals surface area contributed by atoms with Crippen LogP contribution in [0.2, 0.25) is 0 Å². The first-order valence-corrected chi connectivity index (χ1v) is 8.00. The summed E-state index contributed by atoms with van der Waals surface area (Å²) < 4.78 is 7.04. The molecule has 1 unspecified atom stereocenters. The molecule has 4 heteroatoms. The van der Waals surface area contributed by atoms with Gasteiger partial charge in [0.2, 0.25) is 5.91 Å². The van der Waals surface area contributed by atoms with Crippen molar-refractivity contribution < 1.29 is 9.53 Å². The molecule has 1 aromatic rings. The SMILES string of the molecule is CC(C)C(=O)N1CCCC(OCc2ccc(Br)cc2)C1. The van der Waals surface area contributed by atoms with Crippen LogP contribution in [0.3, 0.4) is 0 Å². The number of carbonyl (C=O) groups excluding carboxylic acids is 1. The summed E-state index contributed by atoms with van der Waals surface area (Å²) in [5.74, 6) is 0.308. The number of hydrogen-bond acceptors (Lipinski definition) is 2. The molecule has 3 nitrogen and oxygen atoms in total. The summed E-state index contributed by atoms with van der Waals surface area (Å²) in [5.41, 5.74) is 1.17. The number of piperidine rings is 1. The van der Waals surface area contributed by atoms with E-state index in [1.54, 1.807) is 0 Å². The molecule has 1 fully saturated rings. The second-order valence-corrected chi connectivity index (χ2v) is 6.56. The van der Waals surface area contributed by atoms with E-state index in [0.717, 1.165) is 30.4 Å². The Morgan fingerprint density at radius 3 is 2.75 bits per heavy atom. The predicted molar refractivity (Wildman–Crippen MR) is 83.4 cm³/mol. The summed E-state index contributed by atoms with van der Waals surface area (Å²) in [7, 11) is 0. The smallest absolute Gasteiger partial charge is 0.225 e. The van der Waals surface area contributed by atoms with Crippen molar-refractivity contribution in [2.75, 3.05) is 13.1 Å². The molecule has 1 aromatic carbocycles. The fraction of sp³-hybridized carbons (Fsp3) is 0.562. The average molecular weight is 340 g/mol. The molecular weight excluding hydrogens is 318 g/mol. The van der Waals surface area contributed by atoms with Crippen LogP contribution in [0, 0.1) is 5.92 Å². The van der Waals surface area contributed by atoms with Gasteiger partial charge in [0.15, 0.2) is 0 Å². The van der Waals surface area contributed by atoms with E-state index in [9.17, 15) is 4.79 Å². The van der Waals surface area contributed by atoms with Crippen molar-refractivity contribution in [3.8, 4) is 0 Å². The highest BCUT2D eigenvalue weighted by Crippen LogP contribution is 2.18. The van der Waals surface area contributed by atoms with Crippen molar-refractivity contribution in [1.82, 2.24) is 4.90 Å². The number of carbonyl (C=O) groups is 1. The molecule has 1 atom stereocenters. The number of likely N-dealkylation sites (tertiary alicyclic amines) is 1. The van der Waals surface area contributed by atoms with Gasteiger partial charge in [0.05, 0.1) is 12.7 Å². The molecule has 110 valence electrons. The predicted octanol–water partition coefficient (Wildman–Crippen LogP) is 3.61. The largest absolute Gasteiger partial charge is 0.372 e. The molecule has 1 aliphatic heterocycles. The number of nitrogens with zero attached hydrogens (tertiary/aromatic N) is 1. The number of benzene rings is 1. The first-order chi connectivity index (χ1) is 9.56. The van der Waals surface area contributed by atoms with Crippen LogP contribution in [-0.2, 0) is 16.1 Å². The minimum atomic E-state index is 0.0697. The quantitative estimate of drug-likeness (QED) is 0.838. The maximum absolute atomic E-state index is 12.0. The molecule has 0 saturated carbocycles. The topological polar surface area (TPSA) is 29.5 Å². The maximum atomic E-state index is 12.0. The Balaban J connectivity index is 1.84. The molecule has 0 spiro atoms. The normalized spacial score (nSPS) is 19.4. The Labute approximate surface area is 129 Å². The maximum Gasteiger partial charge on any atom is 0.225 e. The van der Waals surface area contributed by atoms with Crippen LogP contribution in [0.5, 0.6) is 0 Å². The van der Waals surface area contributed by atoms with Gasteiger partial charge >= 0.3 is 0 Å². The Bertz CT molecular complexity index is 444. The van der Waals surface area contributed by atoms with E-state index in [2.05, 4.69) is 28.1 Å². The molecule has 20 heavy (non-hydrogen) atoms. The van der Waals surface area contributed by atoms with Crippen molar-refractivity contribution in [2.24, 2.45) is 5.92 Å². The Kier molecular flexibility index (Phi) is 5.61. The summed E-state index contributed by atoms with van der Waals surface area (Å²) in [4.78, 5) is 14.0. The second kappa shape index (κ2) is 7.23. The van der Waals surface area contributed by atoms with Crippen molar-refractivity contribution in [2.45, 2.75) is 39.4 Å². The van der Waals surface area contributed by atoms with Gasteiger partial charge in [-0.05, 0) is 30.5 Å². The lowest BCUT2D eigenvalue weighted by molar-refractivity contribution is -0.138. The molecule has 0 bridgehead atoms. The molecule has 1 aliphatic rings. The highest BCUT2D eigenvalue weighted by Gasteiger charge is 2.25. The van der Waals surface area contributed by atoms with Crippen LogP contribution < -0.4 is 0 Å². The van der Waals surface area contributed by atoms with Crippen LogP contribution in [0.25, 0.3) is 0 Å². The fourth-order valence-electron chi connectivity index (χ4n) is 2.43. The lowest BCUT2D eigenvalue weighted by Gasteiger charge is -2.33. The molecule has 1 heterocycles. The number of hydrogen-bond donors (Lipinski definition) is 0. The minimum absolute atomic E-state index is 0.0697. The van der Waals surface area contributed by atoms with Gasteiger partial charge in [0.1, 0.15) is 0 Å².